The van der Waals surface area contributed by atoms with Crippen molar-refractivity contribution < 1.29 is 23.1 Å². The molecule has 0 saturated carbocycles. The molecular weight excluding hydrogens is 330 g/mol. The van der Waals surface area contributed by atoms with Crippen LogP contribution in [0.3, 0.4) is 0 Å². The molecule has 1 amide bonds. The van der Waals surface area contributed by atoms with Gasteiger partial charge in [0, 0.05) is 31.3 Å². The molecule has 0 aliphatic carbocycles. The molecule has 1 fully saturated rings. The molecule has 0 aromatic heterocycles. The van der Waals surface area contributed by atoms with Crippen LogP contribution in [0.2, 0.25) is 0 Å². The van der Waals surface area contributed by atoms with Gasteiger partial charge < -0.3 is 9.64 Å². The normalized spacial score (nSPS) is 17.6. The smallest absolute Gasteiger partial charge is 0.310 e. The number of amides is 1. The van der Waals surface area contributed by atoms with E-state index in [1.54, 1.807) is 23.8 Å². The number of rotatable bonds is 6. The molecule has 0 N–H and O–H groups in total. The average molecular weight is 354 g/mol. The third-order valence-corrected chi connectivity index (χ3v) is 4.25. The highest BCUT2D eigenvalue weighted by molar-refractivity contribution is 5.80. The maximum Gasteiger partial charge on any atom is 0.310 e. The fourth-order valence-electron chi connectivity index (χ4n) is 2.98. The number of halogens is 2. The molecule has 138 valence electrons. The van der Waals surface area contributed by atoms with E-state index >= 15 is 0 Å². The van der Waals surface area contributed by atoms with E-state index < -0.39 is 11.6 Å². The number of piperidine rings is 1. The monoisotopic (exact) mass is 354 g/mol. The van der Waals surface area contributed by atoms with Crippen LogP contribution in [0.1, 0.15) is 25.3 Å². The number of hydrogen-bond acceptors (Lipinski definition) is 4. The molecule has 0 spiro atoms. The van der Waals surface area contributed by atoms with Crippen molar-refractivity contribution in [2.24, 2.45) is 5.92 Å². The summed E-state index contributed by atoms with van der Waals surface area (Å²) >= 11 is 0. The van der Waals surface area contributed by atoms with Crippen LogP contribution in [0, 0.1) is 17.6 Å². The van der Waals surface area contributed by atoms with Crippen molar-refractivity contribution in [2.75, 3.05) is 33.3 Å². The summed E-state index contributed by atoms with van der Waals surface area (Å²) in [4.78, 5) is 27.6. The number of likely N-dealkylation sites (N-methyl/N-ethyl adjacent to an activating group) is 1. The summed E-state index contributed by atoms with van der Waals surface area (Å²) in [7, 11) is 1.70. The van der Waals surface area contributed by atoms with Gasteiger partial charge in [-0.1, -0.05) is 6.07 Å². The molecule has 0 bridgehead atoms. The second-order valence-corrected chi connectivity index (χ2v) is 6.34. The fraction of sp³-hybridized carbons (Fsp3) is 0.556. The van der Waals surface area contributed by atoms with Crippen molar-refractivity contribution in [3.05, 3.63) is 35.4 Å². The van der Waals surface area contributed by atoms with E-state index in [0.717, 1.165) is 18.9 Å². The molecular formula is C18H24F2N2O3. The Balaban J connectivity index is 1.88. The predicted molar refractivity (Wildman–Crippen MR) is 88.6 cm³/mol. The van der Waals surface area contributed by atoms with Crippen LogP contribution in [0.4, 0.5) is 8.78 Å². The summed E-state index contributed by atoms with van der Waals surface area (Å²) in [6.45, 7) is 3.35. The van der Waals surface area contributed by atoms with Crippen LogP contribution in [-0.4, -0.2) is 55.0 Å². The zero-order valence-electron chi connectivity index (χ0n) is 14.6. The number of carbonyl (C=O) groups excluding carboxylic acids is 2. The standard InChI is InChI=1S/C18H24F2N2O3/c1-3-25-18(24)14-5-4-8-22(11-14)17(23)12-21(2)10-13-6-7-15(19)9-16(13)20/h6-7,9,14H,3-5,8,10-12H2,1-2H3. The van der Waals surface area contributed by atoms with E-state index in [0.29, 0.717) is 25.3 Å². The minimum Gasteiger partial charge on any atom is -0.466 e. The summed E-state index contributed by atoms with van der Waals surface area (Å²) in [5.74, 6) is -1.91. The first-order valence-electron chi connectivity index (χ1n) is 8.47. The van der Waals surface area contributed by atoms with Gasteiger partial charge in [0.25, 0.3) is 0 Å². The Labute approximate surface area is 146 Å². The molecule has 5 nitrogen and oxygen atoms in total. The first kappa shape index (κ1) is 19.3. The fourth-order valence-corrected chi connectivity index (χ4v) is 2.98. The zero-order chi connectivity index (χ0) is 18.4. The molecule has 1 atom stereocenters. The van der Waals surface area contributed by atoms with Crippen molar-refractivity contribution >= 4 is 11.9 Å². The lowest BCUT2D eigenvalue weighted by Gasteiger charge is -2.32. The zero-order valence-corrected chi connectivity index (χ0v) is 14.6. The SMILES string of the molecule is CCOC(=O)C1CCCN(C(=O)CN(C)Cc2ccc(F)cc2F)C1. The Morgan fingerprint density at radius 2 is 2.12 bits per heavy atom. The Morgan fingerprint density at radius 1 is 1.36 bits per heavy atom. The summed E-state index contributed by atoms with van der Waals surface area (Å²) in [5, 5.41) is 0. The lowest BCUT2D eigenvalue weighted by atomic mass is 9.98. The van der Waals surface area contributed by atoms with Gasteiger partial charge in [0.2, 0.25) is 5.91 Å². The summed E-state index contributed by atoms with van der Waals surface area (Å²) in [6, 6.07) is 3.41. The third-order valence-electron chi connectivity index (χ3n) is 4.25. The van der Waals surface area contributed by atoms with E-state index in [4.69, 9.17) is 4.74 Å². The maximum absolute atomic E-state index is 13.7. The number of hydrogen-bond donors (Lipinski definition) is 0. The van der Waals surface area contributed by atoms with E-state index in [2.05, 4.69) is 0 Å². The molecule has 0 radical (unpaired) electrons. The summed E-state index contributed by atoms with van der Waals surface area (Å²) in [6.07, 6.45) is 1.48. The quantitative estimate of drug-likeness (QED) is 0.735. The molecule has 1 unspecified atom stereocenters. The molecule has 1 saturated heterocycles. The van der Waals surface area contributed by atoms with Crippen molar-refractivity contribution in [1.82, 2.24) is 9.80 Å². The third kappa shape index (κ3) is 5.49. The molecule has 7 heteroatoms. The number of ether oxygens (including phenoxy) is 1. The lowest BCUT2D eigenvalue weighted by molar-refractivity contribution is -0.151. The van der Waals surface area contributed by atoms with E-state index in [9.17, 15) is 18.4 Å². The highest BCUT2D eigenvalue weighted by Gasteiger charge is 2.29. The largest absolute Gasteiger partial charge is 0.466 e. The van der Waals surface area contributed by atoms with Crippen molar-refractivity contribution in [3.8, 4) is 0 Å². The van der Waals surface area contributed by atoms with Crippen LogP contribution in [0.25, 0.3) is 0 Å². The van der Waals surface area contributed by atoms with Gasteiger partial charge in [-0.3, -0.25) is 14.5 Å². The Hall–Kier alpha value is -2.02. The van der Waals surface area contributed by atoms with Gasteiger partial charge in [-0.15, -0.1) is 0 Å². The number of esters is 1. The molecule has 1 aromatic rings. The van der Waals surface area contributed by atoms with Gasteiger partial charge in [-0.25, -0.2) is 8.78 Å². The van der Waals surface area contributed by atoms with E-state index in [-0.39, 0.29) is 30.9 Å². The second-order valence-electron chi connectivity index (χ2n) is 6.34. The van der Waals surface area contributed by atoms with Crippen LogP contribution < -0.4 is 0 Å². The van der Waals surface area contributed by atoms with Crippen LogP contribution in [0.5, 0.6) is 0 Å². The van der Waals surface area contributed by atoms with Gasteiger partial charge in [0.1, 0.15) is 11.6 Å². The average Bonchev–Trinajstić information content (AvgIpc) is 2.57. The lowest BCUT2D eigenvalue weighted by Crippen LogP contribution is -2.46. The van der Waals surface area contributed by atoms with Gasteiger partial charge >= 0.3 is 5.97 Å². The van der Waals surface area contributed by atoms with Crippen LogP contribution in [-0.2, 0) is 20.9 Å². The highest BCUT2D eigenvalue weighted by Crippen LogP contribution is 2.18. The Morgan fingerprint density at radius 3 is 2.80 bits per heavy atom. The van der Waals surface area contributed by atoms with Gasteiger partial charge in [0.05, 0.1) is 19.1 Å². The summed E-state index contributed by atoms with van der Waals surface area (Å²) in [5.41, 5.74) is 0.333. The molecule has 1 aliphatic rings. The second kappa shape index (κ2) is 8.89. The van der Waals surface area contributed by atoms with Crippen molar-refractivity contribution in [2.45, 2.75) is 26.3 Å². The van der Waals surface area contributed by atoms with Crippen molar-refractivity contribution in [3.63, 3.8) is 0 Å². The molecule has 1 aromatic carbocycles. The minimum absolute atomic E-state index is 0.104. The Kier molecular flexibility index (Phi) is 6.87. The Bertz CT molecular complexity index is 624. The topological polar surface area (TPSA) is 49.9 Å². The first-order chi connectivity index (χ1) is 11.9. The molecule has 1 heterocycles. The minimum atomic E-state index is -0.627. The highest BCUT2D eigenvalue weighted by atomic mass is 19.1. The van der Waals surface area contributed by atoms with Crippen LogP contribution in [0.15, 0.2) is 18.2 Å². The molecule has 1 aliphatic heterocycles. The number of carbonyl (C=O) groups is 2. The number of benzene rings is 1. The van der Waals surface area contributed by atoms with Gasteiger partial charge in [0.15, 0.2) is 0 Å². The molecule has 25 heavy (non-hydrogen) atoms. The first-order valence-corrected chi connectivity index (χ1v) is 8.47. The maximum atomic E-state index is 13.7. The van der Waals surface area contributed by atoms with Gasteiger partial charge in [-0.2, -0.15) is 0 Å². The summed E-state index contributed by atoms with van der Waals surface area (Å²) < 4.78 is 31.7. The van der Waals surface area contributed by atoms with E-state index in [1.165, 1.54) is 12.1 Å². The van der Waals surface area contributed by atoms with E-state index in [1.807, 2.05) is 0 Å². The number of likely N-dealkylation sites (tertiary alicyclic amines) is 1. The van der Waals surface area contributed by atoms with Crippen LogP contribution >= 0.6 is 0 Å². The number of nitrogens with zero attached hydrogens (tertiary/aromatic N) is 2. The predicted octanol–water partition coefficient (Wildman–Crippen LogP) is 2.20. The molecule has 2 rings (SSSR count). The van der Waals surface area contributed by atoms with Gasteiger partial charge in [-0.05, 0) is 32.9 Å². The van der Waals surface area contributed by atoms with Crippen molar-refractivity contribution in [1.29, 1.82) is 0 Å².